The third-order valence-corrected chi connectivity index (χ3v) is 7.69. The Hall–Kier alpha value is -2.37. The quantitative estimate of drug-likeness (QED) is 0.489. The monoisotopic (exact) mass is 430 g/mol. The summed E-state index contributed by atoms with van der Waals surface area (Å²) in [7, 11) is 0. The predicted molar refractivity (Wildman–Crippen MR) is 116 cm³/mol. The average Bonchev–Trinajstić information content (AvgIpc) is 3.09. The first-order chi connectivity index (χ1) is 14.5. The number of carboxylic acids is 1. The van der Waals surface area contributed by atoms with E-state index in [-0.39, 0.29) is 35.2 Å². The Balaban J connectivity index is 2.02. The zero-order chi connectivity index (χ0) is 23.0. The van der Waals surface area contributed by atoms with Gasteiger partial charge in [-0.05, 0) is 68.4 Å². The van der Waals surface area contributed by atoms with E-state index in [9.17, 15) is 19.5 Å². The molecule has 4 unspecified atom stereocenters. The number of carboxylic acid groups (broad SMARTS) is 1. The minimum absolute atomic E-state index is 0.0139. The van der Waals surface area contributed by atoms with E-state index in [0.29, 0.717) is 29.6 Å². The molecule has 2 aliphatic carbocycles. The number of carbonyl (C=O) groups excluding carboxylic acids is 2. The lowest BCUT2D eigenvalue weighted by molar-refractivity contribution is -0.161. The van der Waals surface area contributed by atoms with Crippen molar-refractivity contribution in [3.8, 4) is 0 Å². The van der Waals surface area contributed by atoms with E-state index in [1.165, 1.54) is 0 Å². The predicted octanol–water partition coefficient (Wildman–Crippen LogP) is 4.60. The smallest absolute Gasteiger partial charge is 0.334 e. The molecule has 3 aliphatic rings. The maximum absolute atomic E-state index is 12.6. The van der Waals surface area contributed by atoms with Crippen LogP contribution in [0.15, 0.2) is 34.9 Å². The summed E-state index contributed by atoms with van der Waals surface area (Å²) in [6.45, 7) is 10.3. The third-order valence-electron chi connectivity index (χ3n) is 7.69. The van der Waals surface area contributed by atoms with Crippen LogP contribution in [0.2, 0.25) is 0 Å². The highest BCUT2D eigenvalue weighted by Crippen LogP contribution is 2.61. The SMILES string of the molecule is CC=C(C)C(=O)OC1C=C(C(=O)O)C(CCC2=CCOC2=O)C2(C)CCCC(C)(C)C12. The second-order valence-corrected chi connectivity index (χ2v) is 10.0. The Labute approximate surface area is 184 Å². The molecule has 31 heavy (non-hydrogen) atoms. The molecule has 1 fully saturated rings. The van der Waals surface area contributed by atoms with Gasteiger partial charge in [0.1, 0.15) is 12.7 Å². The van der Waals surface area contributed by atoms with Gasteiger partial charge in [-0.3, -0.25) is 0 Å². The number of hydrogen-bond donors (Lipinski definition) is 1. The molecule has 4 atom stereocenters. The molecular formula is C25H34O6. The van der Waals surface area contributed by atoms with Crippen LogP contribution in [-0.2, 0) is 23.9 Å². The first-order valence-corrected chi connectivity index (χ1v) is 11.2. The molecule has 0 amide bonds. The van der Waals surface area contributed by atoms with Crippen LogP contribution in [0.3, 0.4) is 0 Å². The fraction of sp³-hybridized carbons (Fsp3) is 0.640. The average molecular weight is 431 g/mol. The van der Waals surface area contributed by atoms with Crippen LogP contribution in [0, 0.1) is 22.7 Å². The van der Waals surface area contributed by atoms with Crippen molar-refractivity contribution in [1.29, 1.82) is 0 Å². The number of cyclic esters (lactones) is 1. The van der Waals surface area contributed by atoms with Crippen molar-refractivity contribution in [2.75, 3.05) is 6.61 Å². The topological polar surface area (TPSA) is 89.9 Å². The highest BCUT2D eigenvalue weighted by atomic mass is 16.5. The summed E-state index contributed by atoms with van der Waals surface area (Å²) in [5, 5.41) is 10.1. The van der Waals surface area contributed by atoms with Gasteiger partial charge in [-0.1, -0.05) is 33.3 Å². The summed E-state index contributed by atoms with van der Waals surface area (Å²) in [5.74, 6) is -1.95. The Morgan fingerprint density at radius 3 is 2.58 bits per heavy atom. The molecule has 170 valence electrons. The Kier molecular flexibility index (Phi) is 6.49. The summed E-state index contributed by atoms with van der Waals surface area (Å²) in [4.78, 5) is 36.8. The molecule has 0 spiro atoms. The van der Waals surface area contributed by atoms with Crippen molar-refractivity contribution in [1.82, 2.24) is 0 Å². The van der Waals surface area contributed by atoms with Gasteiger partial charge in [0.05, 0.1) is 0 Å². The van der Waals surface area contributed by atoms with Crippen molar-refractivity contribution < 1.29 is 29.0 Å². The summed E-state index contributed by atoms with van der Waals surface area (Å²) in [5.41, 5.74) is 0.944. The molecule has 1 heterocycles. The van der Waals surface area contributed by atoms with E-state index in [2.05, 4.69) is 20.8 Å². The van der Waals surface area contributed by atoms with Crippen LogP contribution in [0.4, 0.5) is 0 Å². The summed E-state index contributed by atoms with van der Waals surface area (Å²) in [6, 6.07) is 0. The van der Waals surface area contributed by atoms with Gasteiger partial charge in [-0.25, -0.2) is 14.4 Å². The van der Waals surface area contributed by atoms with Crippen molar-refractivity contribution in [2.24, 2.45) is 22.7 Å². The zero-order valence-electron chi connectivity index (χ0n) is 19.2. The van der Waals surface area contributed by atoms with Crippen LogP contribution in [-0.4, -0.2) is 35.7 Å². The van der Waals surface area contributed by atoms with E-state index < -0.39 is 18.0 Å². The van der Waals surface area contributed by atoms with E-state index in [1.54, 1.807) is 32.1 Å². The van der Waals surface area contributed by atoms with Crippen molar-refractivity contribution in [2.45, 2.75) is 72.8 Å². The van der Waals surface area contributed by atoms with Crippen molar-refractivity contribution in [3.63, 3.8) is 0 Å². The number of rotatable bonds is 6. The Morgan fingerprint density at radius 2 is 2.00 bits per heavy atom. The molecule has 6 heteroatoms. The molecule has 0 aromatic heterocycles. The van der Waals surface area contributed by atoms with E-state index in [0.717, 1.165) is 19.3 Å². The van der Waals surface area contributed by atoms with Crippen molar-refractivity contribution >= 4 is 17.9 Å². The highest BCUT2D eigenvalue weighted by Gasteiger charge is 2.58. The lowest BCUT2D eigenvalue weighted by atomic mass is 9.47. The zero-order valence-corrected chi connectivity index (χ0v) is 19.2. The number of ether oxygens (including phenoxy) is 2. The third kappa shape index (κ3) is 4.35. The second-order valence-electron chi connectivity index (χ2n) is 10.0. The van der Waals surface area contributed by atoms with Crippen molar-refractivity contribution in [3.05, 3.63) is 34.9 Å². The molecule has 0 aromatic rings. The molecule has 0 radical (unpaired) electrons. The lowest BCUT2D eigenvalue weighted by Gasteiger charge is -2.58. The number of hydrogen-bond acceptors (Lipinski definition) is 5. The van der Waals surface area contributed by atoms with Crippen LogP contribution in [0.1, 0.15) is 66.7 Å². The maximum Gasteiger partial charge on any atom is 0.334 e. The number of aliphatic carboxylic acids is 1. The second kappa shape index (κ2) is 8.64. The van der Waals surface area contributed by atoms with E-state index >= 15 is 0 Å². The molecule has 0 bridgehead atoms. The first kappa shape index (κ1) is 23.3. The Bertz CT molecular complexity index is 861. The normalized spacial score (nSPS) is 32.5. The van der Waals surface area contributed by atoms with Crippen LogP contribution in [0.5, 0.6) is 0 Å². The first-order valence-electron chi connectivity index (χ1n) is 11.2. The number of fused-ring (bicyclic) bond motifs is 1. The standard InChI is InChI=1S/C25H34O6/c1-6-15(2)22(28)31-19-14-17(21(26)27)18(9-8-16-10-13-30-23(16)29)25(5)12-7-11-24(3,4)20(19)25/h6,10,14,18-20H,7-9,11-13H2,1-5H3,(H,26,27). The van der Waals surface area contributed by atoms with E-state index in [4.69, 9.17) is 9.47 Å². The number of allylic oxidation sites excluding steroid dienone is 1. The number of esters is 2. The molecule has 0 aromatic carbocycles. The summed E-state index contributed by atoms with van der Waals surface area (Å²) in [6.07, 6.45) is 8.42. The van der Waals surface area contributed by atoms with Gasteiger partial charge in [0.25, 0.3) is 0 Å². The molecule has 1 N–H and O–H groups in total. The van der Waals surface area contributed by atoms with Gasteiger partial charge in [0.2, 0.25) is 0 Å². The molecule has 3 rings (SSSR count). The van der Waals surface area contributed by atoms with Gasteiger partial charge in [0, 0.05) is 22.6 Å². The number of carbonyl (C=O) groups is 3. The summed E-state index contributed by atoms with van der Waals surface area (Å²) < 4.78 is 10.9. The molecular weight excluding hydrogens is 396 g/mol. The minimum atomic E-state index is -0.986. The van der Waals surface area contributed by atoms with Gasteiger partial charge in [-0.2, -0.15) is 0 Å². The maximum atomic E-state index is 12.6. The largest absolute Gasteiger partial charge is 0.478 e. The molecule has 6 nitrogen and oxygen atoms in total. The molecule has 1 saturated carbocycles. The van der Waals surface area contributed by atoms with Gasteiger partial charge in [0.15, 0.2) is 0 Å². The van der Waals surface area contributed by atoms with E-state index in [1.807, 2.05) is 0 Å². The van der Waals surface area contributed by atoms with Crippen LogP contribution in [0.25, 0.3) is 0 Å². The van der Waals surface area contributed by atoms with Gasteiger partial charge in [-0.15, -0.1) is 0 Å². The lowest BCUT2D eigenvalue weighted by Crippen LogP contribution is -2.56. The van der Waals surface area contributed by atoms with Gasteiger partial charge < -0.3 is 14.6 Å². The fourth-order valence-corrected chi connectivity index (χ4v) is 6.12. The molecule has 1 aliphatic heterocycles. The van der Waals surface area contributed by atoms with Crippen LogP contribution >= 0.6 is 0 Å². The molecule has 0 saturated heterocycles. The highest BCUT2D eigenvalue weighted by molar-refractivity contribution is 5.91. The summed E-state index contributed by atoms with van der Waals surface area (Å²) >= 11 is 0. The van der Waals surface area contributed by atoms with Crippen LogP contribution < -0.4 is 0 Å². The Morgan fingerprint density at radius 1 is 1.29 bits per heavy atom. The fourth-order valence-electron chi connectivity index (χ4n) is 6.12. The van der Waals surface area contributed by atoms with Gasteiger partial charge >= 0.3 is 17.9 Å². The minimum Gasteiger partial charge on any atom is -0.478 e.